The molecule has 5 rings (SSSR count). The molecule has 7 nitrogen and oxygen atoms in total. The lowest BCUT2D eigenvalue weighted by Gasteiger charge is -2.35. The number of morpholine rings is 1. The highest BCUT2D eigenvalue weighted by molar-refractivity contribution is 8.13. The molecular formula is C22H29N5O2S. The zero-order valence-corrected chi connectivity index (χ0v) is 18.3. The highest BCUT2D eigenvalue weighted by atomic mass is 32.2. The predicted octanol–water partition coefficient (Wildman–Crippen LogP) is 3.19. The summed E-state index contributed by atoms with van der Waals surface area (Å²) in [5, 5.41) is 1.98. The molecule has 1 aromatic carbocycles. The summed E-state index contributed by atoms with van der Waals surface area (Å²) in [6.45, 7) is 5.54. The number of anilines is 2. The Balaban J connectivity index is 1.33. The first-order chi connectivity index (χ1) is 14.8. The number of hydrogen-bond donors (Lipinski definition) is 0. The molecule has 2 saturated heterocycles. The van der Waals surface area contributed by atoms with Gasteiger partial charge >= 0.3 is 0 Å². The van der Waals surface area contributed by atoms with Crippen LogP contribution in [0, 0.1) is 5.92 Å². The summed E-state index contributed by atoms with van der Waals surface area (Å²) < 4.78 is 10.8. The van der Waals surface area contributed by atoms with E-state index in [1.165, 1.54) is 18.5 Å². The standard InChI is InChI=1S/C22H29N5O2S/c1-28-22-25-17(14-30-22)11-16-3-2-6-27(13-16)21-19-5-4-18(12-20(19)23-15-24-21)26-7-9-29-10-8-26/h4-5,12,15-17H,2-3,6-11,13-14H2,1H3. The monoisotopic (exact) mass is 427 g/mol. The second-order valence-corrected chi connectivity index (χ2v) is 9.22. The van der Waals surface area contributed by atoms with Crippen molar-refractivity contribution in [2.75, 3.05) is 62.1 Å². The van der Waals surface area contributed by atoms with Gasteiger partial charge in [0.25, 0.3) is 0 Å². The van der Waals surface area contributed by atoms with Crippen LogP contribution in [0.15, 0.2) is 29.5 Å². The lowest BCUT2D eigenvalue weighted by molar-refractivity contribution is 0.122. The van der Waals surface area contributed by atoms with Crippen LogP contribution in [0.25, 0.3) is 10.9 Å². The van der Waals surface area contributed by atoms with Gasteiger partial charge in [-0.2, -0.15) is 0 Å². The molecule has 2 unspecified atom stereocenters. The Morgan fingerprint density at radius 2 is 2.07 bits per heavy atom. The van der Waals surface area contributed by atoms with Crippen molar-refractivity contribution in [3.8, 4) is 0 Å². The maximum absolute atomic E-state index is 5.49. The van der Waals surface area contributed by atoms with E-state index in [-0.39, 0.29) is 0 Å². The van der Waals surface area contributed by atoms with Crippen LogP contribution in [-0.2, 0) is 9.47 Å². The Morgan fingerprint density at radius 1 is 1.17 bits per heavy atom. The lowest BCUT2D eigenvalue weighted by Crippen LogP contribution is -2.37. The molecule has 0 amide bonds. The molecule has 0 bridgehead atoms. The van der Waals surface area contributed by atoms with Crippen molar-refractivity contribution >= 4 is 39.4 Å². The number of piperidine rings is 1. The number of fused-ring (bicyclic) bond motifs is 1. The van der Waals surface area contributed by atoms with Crippen molar-refractivity contribution in [3.05, 3.63) is 24.5 Å². The van der Waals surface area contributed by atoms with Crippen molar-refractivity contribution in [1.29, 1.82) is 0 Å². The van der Waals surface area contributed by atoms with Crippen LogP contribution in [0.4, 0.5) is 11.5 Å². The van der Waals surface area contributed by atoms with Crippen LogP contribution in [0.2, 0.25) is 0 Å². The van der Waals surface area contributed by atoms with E-state index in [1.54, 1.807) is 25.2 Å². The summed E-state index contributed by atoms with van der Waals surface area (Å²) in [6, 6.07) is 6.98. The Labute approximate surface area is 181 Å². The molecule has 8 heteroatoms. The van der Waals surface area contributed by atoms with Gasteiger partial charge in [0, 0.05) is 43.0 Å². The molecule has 0 spiro atoms. The van der Waals surface area contributed by atoms with E-state index in [0.29, 0.717) is 12.0 Å². The molecule has 3 aliphatic rings. The van der Waals surface area contributed by atoms with Crippen molar-refractivity contribution in [3.63, 3.8) is 0 Å². The molecular weight excluding hydrogens is 398 g/mol. The average molecular weight is 428 g/mol. The number of thioether (sulfide) groups is 1. The number of benzene rings is 1. The van der Waals surface area contributed by atoms with Crippen molar-refractivity contribution in [2.24, 2.45) is 10.9 Å². The quantitative estimate of drug-likeness (QED) is 0.742. The third-order valence-corrected chi connectivity index (χ3v) is 7.33. The maximum Gasteiger partial charge on any atom is 0.245 e. The molecule has 4 heterocycles. The average Bonchev–Trinajstić information content (AvgIpc) is 3.26. The molecule has 30 heavy (non-hydrogen) atoms. The van der Waals surface area contributed by atoms with Crippen molar-refractivity contribution in [2.45, 2.75) is 25.3 Å². The molecule has 3 aliphatic heterocycles. The Morgan fingerprint density at radius 3 is 2.90 bits per heavy atom. The van der Waals surface area contributed by atoms with Crippen LogP contribution in [0.1, 0.15) is 19.3 Å². The summed E-state index contributed by atoms with van der Waals surface area (Å²) in [7, 11) is 1.71. The maximum atomic E-state index is 5.49. The molecule has 0 saturated carbocycles. The van der Waals surface area contributed by atoms with E-state index in [2.05, 4.69) is 33.0 Å². The summed E-state index contributed by atoms with van der Waals surface area (Å²) in [4.78, 5) is 18.8. The Bertz CT molecular complexity index is 918. The molecule has 160 valence electrons. The van der Waals surface area contributed by atoms with E-state index < -0.39 is 0 Å². The molecule has 2 atom stereocenters. The van der Waals surface area contributed by atoms with Crippen LogP contribution in [0.5, 0.6) is 0 Å². The van der Waals surface area contributed by atoms with Gasteiger partial charge < -0.3 is 19.3 Å². The SMILES string of the molecule is COC1=NC(CC2CCCN(c3ncnc4cc(N5CCOCC5)ccc34)C2)CS1. The minimum atomic E-state index is 0.383. The fourth-order valence-electron chi connectivity index (χ4n) is 4.76. The fraction of sp³-hybridized carbons (Fsp3) is 0.591. The molecule has 0 aliphatic carbocycles. The second kappa shape index (κ2) is 8.98. The third-order valence-electron chi connectivity index (χ3n) is 6.26. The first kappa shape index (κ1) is 19.9. The largest absolute Gasteiger partial charge is 0.476 e. The number of ether oxygens (including phenoxy) is 2. The van der Waals surface area contributed by atoms with Gasteiger partial charge in [-0.25, -0.2) is 15.0 Å². The minimum Gasteiger partial charge on any atom is -0.476 e. The van der Waals surface area contributed by atoms with E-state index >= 15 is 0 Å². The van der Waals surface area contributed by atoms with Crippen LogP contribution in [-0.4, -0.2) is 73.5 Å². The van der Waals surface area contributed by atoms with Crippen molar-refractivity contribution in [1.82, 2.24) is 9.97 Å². The van der Waals surface area contributed by atoms with Gasteiger partial charge in [-0.1, -0.05) is 11.8 Å². The van der Waals surface area contributed by atoms with Gasteiger partial charge in [-0.05, 0) is 43.4 Å². The fourth-order valence-corrected chi connectivity index (χ4v) is 5.65. The highest BCUT2D eigenvalue weighted by Gasteiger charge is 2.27. The van der Waals surface area contributed by atoms with Gasteiger partial charge in [0.1, 0.15) is 12.1 Å². The zero-order chi connectivity index (χ0) is 20.3. The molecule has 0 radical (unpaired) electrons. The Hall–Kier alpha value is -2.06. The topological polar surface area (TPSA) is 63.1 Å². The zero-order valence-electron chi connectivity index (χ0n) is 17.5. The highest BCUT2D eigenvalue weighted by Crippen LogP contribution is 2.32. The number of hydrogen-bond acceptors (Lipinski definition) is 8. The molecule has 2 aromatic rings. The van der Waals surface area contributed by atoms with E-state index in [4.69, 9.17) is 19.5 Å². The van der Waals surface area contributed by atoms with Crippen LogP contribution in [0.3, 0.4) is 0 Å². The number of methoxy groups -OCH3 is 1. The molecule has 0 N–H and O–H groups in total. The van der Waals surface area contributed by atoms with Gasteiger partial charge in [0.2, 0.25) is 5.23 Å². The van der Waals surface area contributed by atoms with Crippen molar-refractivity contribution < 1.29 is 9.47 Å². The van der Waals surface area contributed by atoms with Crippen LogP contribution < -0.4 is 9.80 Å². The van der Waals surface area contributed by atoms with Gasteiger partial charge in [-0.3, -0.25) is 0 Å². The summed E-state index contributed by atoms with van der Waals surface area (Å²) in [5.74, 6) is 2.75. The normalized spacial score (nSPS) is 24.9. The molecule has 2 fully saturated rings. The molecule has 1 aromatic heterocycles. The van der Waals surface area contributed by atoms with E-state index in [0.717, 1.165) is 73.5 Å². The lowest BCUT2D eigenvalue weighted by atomic mass is 9.92. The van der Waals surface area contributed by atoms with E-state index in [9.17, 15) is 0 Å². The predicted molar refractivity (Wildman–Crippen MR) is 123 cm³/mol. The third kappa shape index (κ3) is 4.21. The summed E-state index contributed by atoms with van der Waals surface area (Å²) in [6.07, 6.45) is 5.30. The smallest absolute Gasteiger partial charge is 0.245 e. The van der Waals surface area contributed by atoms with E-state index in [1.807, 2.05) is 0 Å². The van der Waals surface area contributed by atoms with Gasteiger partial charge in [0.05, 0.1) is 31.9 Å². The summed E-state index contributed by atoms with van der Waals surface area (Å²) >= 11 is 1.73. The van der Waals surface area contributed by atoms with Gasteiger partial charge in [-0.15, -0.1) is 0 Å². The number of rotatable bonds is 4. The van der Waals surface area contributed by atoms with Gasteiger partial charge in [0.15, 0.2) is 0 Å². The first-order valence-electron chi connectivity index (χ1n) is 10.9. The Kier molecular flexibility index (Phi) is 5.95. The first-order valence-corrected chi connectivity index (χ1v) is 11.9. The van der Waals surface area contributed by atoms with Crippen LogP contribution >= 0.6 is 11.8 Å². The number of nitrogens with zero attached hydrogens (tertiary/aromatic N) is 5. The second-order valence-electron chi connectivity index (χ2n) is 8.25. The summed E-state index contributed by atoms with van der Waals surface area (Å²) in [5.41, 5.74) is 2.24. The number of aromatic nitrogens is 2. The number of aliphatic imine (C=N–C) groups is 1. The minimum absolute atomic E-state index is 0.383.